The maximum atomic E-state index is 12.1. The van der Waals surface area contributed by atoms with Crippen LogP contribution in [-0.2, 0) is 14.3 Å². The highest BCUT2D eigenvalue weighted by Crippen LogP contribution is 2.18. The summed E-state index contributed by atoms with van der Waals surface area (Å²) in [5.74, 6) is -0.121. The van der Waals surface area contributed by atoms with Crippen molar-refractivity contribution >= 4 is 30.0 Å². The minimum Gasteiger partial charge on any atom is -0.466 e. The van der Waals surface area contributed by atoms with Crippen molar-refractivity contribution in [3.8, 4) is 0 Å². The van der Waals surface area contributed by atoms with Crippen LogP contribution in [0.4, 0.5) is 5.69 Å². The molecular weight excluding hydrogens is 304 g/mol. The Labute approximate surface area is 137 Å². The Balaban J connectivity index is 0.00000242. The summed E-state index contributed by atoms with van der Waals surface area (Å²) in [7, 11) is 0. The molecule has 1 aliphatic rings. The molecule has 1 fully saturated rings. The van der Waals surface area contributed by atoms with E-state index in [2.05, 4.69) is 5.32 Å². The maximum absolute atomic E-state index is 12.1. The number of hydrogen-bond donors (Lipinski definition) is 1. The van der Waals surface area contributed by atoms with Crippen molar-refractivity contribution < 1.29 is 14.3 Å². The molecule has 6 heteroatoms. The number of benzene rings is 1. The summed E-state index contributed by atoms with van der Waals surface area (Å²) in [6.07, 6.45) is 1.38. The van der Waals surface area contributed by atoms with Crippen molar-refractivity contribution in [1.82, 2.24) is 4.90 Å². The summed E-state index contributed by atoms with van der Waals surface area (Å²) < 4.78 is 5.03. The zero-order chi connectivity index (χ0) is 15.1. The van der Waals surface area contributed by atoms with Gasteiger partial charge >= 0.3 is 5.97 Å². The first-order valence-corrected chi connectivity index (χ1v) is 7.44. The van der Waals surface area contributed by atoms with Crippen LogP contribution in [0.3, 0.4) is 0 Å². The van der Waals surface area contributed by atoms with Gasteiger partial charge in [0.1, 0.15) is 0 Å². The van der Waals surface area contributed by atoms with E-state index in [-0.39, 0.29) is 36.7 Å². The van der Waals surface area contributed by atoms with Crippen molar-refractivity contribution in [3.05, 3.63) is 30.3 Å². The minimum atomic E-state index is -0.132. The average Bonchev–Trinajstić information content (AvgIpc) is 2.54. The average molecular weight is 327 g/mol. The lowest BCUT2D eigenvalue weighted by Crippen LogP contribution is -2.43. The van der Waals surface area contributed by atoms with Crippen LogP contribution in [0.25, 0.3) is 0 Å². The molecule has 22 heavy (non-hydrogen) atoms. The first-order chi connectivity index (χ1) is 10.2. The molecule has 1 aliphatic heterocycles. The summed E-state index contributed by atoms with van der Waals surface area (Å²) in [6.45, 7) is 3.76. The largest absolute Gasteiger partial charge is 0.466 e. The second-order valence-electron chi connectivity index (χ2n) is 5.13. The molecule has 1 heterocycles. The van der Waals surface area contributed by atoms with Crippen LogP contribution in [0.5, 0.6) is 0 Å². The third-order valence-electron chi connectivity index (χ3n) is 3.69. The van der Waals surface area contributed by atoms with Gasteiger partial charge in [-0.3, -0.25) is 9.59 Å². The Morgan fingerprint density at radius 1 is 1.23 bits per heavy atom. The van der Waals surface area contributed by atoms with Crippen molar-refractivity contribution in [2.45, 2.75) is 19.8 Å². The second-order valence-corrected chi connectivity index (χ2v) is 5.13. The third-order valence-corrected chi connectivity index (χ3v) is 3.69. The van der Waals surface area contributed by atoms with Crippen molar-refractivity contribution in [1.29, 1.82) is 0 Å². The SMILES string of the molecule is CCOC(=O)C1CCN(C(=O)CNc2ccccc2)CC1.Cl. The Kier molecular flexibility index (Phi) is 7.74. The molecule has 0 radical (unpaired) electrons. The van der Waals surface area contributed by atoms with E-state index in [1.165, 1.54) is 0 Å². The van der Waals surface area contributed by atoms with Gasteiger partial charge < -0.3 is 15.0 Å². The number of hydrogen-bond acceptors (Lipinski definition) is 4. The number of halogens is 1. The molecule has 2 rings (SSSR count). The predicted octanol–water partition coefficient (Wildman–Crippen LogP) is 2.32. The molecule has 0 aromatic heterocycles. The third kappa shape index (κ3) is 5.22. The molecule has 1 aromatic rings. The molecule has 1 N–H and O–H groups in total. The lowest BCUT2D eigenvalue weighted by molar-refractivity contribution is -0.151. The van der Waals surface area contributed by atoms with E-state index in [0.717, 1.165) is 5.69 Å². The van der Waals surface area contributed by atoms with Gasteiger partial charge in [0.25, 0.3) is 0 Å². The number of nitrogens with zero attached hydrogens (tertiary/aromatic N) is 1. The molecule has 0 aliphatic carbocycles. The van der Waals surface area contributed by atoms with E-state index in [1.807, 2.05) is 42.2 Å². The molecule has 0 bridgehead atoms. The number of esters is 1. The molecule has 1 aromatic carbocycles. The number of carbonyl (C=O) groups is 2. The molecule has 1 saturated heterocycles. The molecule has 122 valence electrons. The van der Waals surface area contributed by atoms with Gasteiger partial charge in [-0.15, -0.1) is 12.4 Å². The van der Waals surface area contributed by atoms with Crippen LogP contribution in [0, 0.1) is 5.92 Å². The van der Waals surface area contributed by atoms with Crippen LogP contribution in [-0.4, -0.2) is 43.0 Å². The number of ether oxygens (including phenoxy) is 1. The topological polar surface area (TPSA) is 58.6 Å². The number of nitrogens with one attached hydrogen (secondary N) is 1. The zero-order valence-electron chi connectivity index (χ0n) is 12.8. The van der Waals surface area contributed by atoms with Crippen molar-refractivity contribution in [2.75, 3.05) is 31.6 Å². The number of piperidine rings is 1. The Bertz CT molecular complexity index is 474. The van der Waals surface area contributed by atoms with Gasteiger partial charge in [-0.2, -0.15) is 0 Å². The predicted molar refractivity (Wildman–Crippen MR) is 88.1 cm³/mol. The Hall–Kier alpha value is -1.75. The summed E-state index contributed by atoms with van der Waals surface area (Å²) in [4.78, 5) is 25.6. The highest BCUT2D eigenvalue weighted by atomic mass is 35.5. The van der Waals surface area contributed by atoms with Crippen LogP contribution in [0.15, 0.2) is 30.3 Å². The maximum Gasteiger partial charge on any atom is 0.309 e. The number of anilines is 1. The Morgan fingerprint density at radius 2 is 1.86 bits per heavy atom. The number of likely N-dealkylation sites (tertiary alicyclic amines) is 1. The number of carbonyl (C=O) groups excluding carboxylic acids is 2. The smallest absolute Gasteiger partial charge is 0.309 e. The first-order valence-electron chi connectivity index (χ1n) is 7.44. The lowest BCUT2D eigenvalue weighted by atomic mass is 9.97. The molecule has 0 unspecified atom stereocenters. The number of amides is 1. The lowest BCUT2D eigenvalue weighted by Gasteiger charge is -2.31. The standard InChI is InChI=1S/C16H22N2O3.ClH/c1-2-21-16(20)13-8-10-18(11-9-13)15(19)12-17-14-6-4-3-5-7-14;/h3-7,13,17H,2,8-12H2,1H3;1H. The fourth-order valence-electron chi connectivity index (χ4n) is 2.47. The van der Waals surface area contributed by atoms with Gasteiger partial charge in [-0.05, 0) is 31.9 Å². The monoisotopic (exact) mass is 326 g/mol. The van der Waals surface area contributed by atoms with E-state index in [4.69, 9.17) is 4.74 Å². The first kappa shape index (κ1) is 18.3. The summed E-state index contributed by atoms with van der Waals surface area (Å²) in [5, 5.41) is 3.11. The number of para-hydroxylation sites is 1. The summed E-state index contributed by atoms with van der Waals surface area (Å²) in [5.41, 5.74) is 0.937. The van der Waals surface area contributed by atoms with Crippen molar-refractivity contribution in [3.63, 3.8) is 0 Å². The second kappa shape index (κ2) is 9.30. The van der Waals surface area contributed by atoms with Gasteiger partial charge in [0.15, 0.2) is 0 Å². The summed E-state index contributed by atoms with van der Waals surface area (Å²) >= 11 is 0. The van der Waals surface area contributed by atoms with E-state index in [1.54, 1.807) is 0 Å². The van der Waals surface area contributed by atoms with E-state index in [9.17, 15) is 9.59 Å². The summed E-state index contributed by atoms with van der Waals surface area (Å²) in [6, 6.07) is 9.66. The van der Waals surface area contributed by atoms with Crippen LogP contribution >= 0.6 is 12.4 Å². The Morgan fingerprint density at radius 3 is 2.45 bits per heavy atom. The highest BCUT2D eigenvalue weighted by molar-refractivity contribution is 5.85. The highest BCUT2D eigenvalue weighted by Gasteiger charge is 2.27. The normalized spacial score (nSPS) is 14.9. The van der Waals surface area contributed by atoms with E-state index in [0.29, 0.717) is 32.5 Å². The number of rotatable bonds is 5. The molecular formula is C16H23ClN2O3. The van der Waals surface area contributed by atoms with Crippen LogP contribution < -0.4 is 5.32 Å². The van der Waals surface area contributed by atoms with Crippen molar-refractivity contribution in [2.24, 2.45) is 5.92 Å². The molecule has 5 nitrogen and oxygen atoms in total. The minimum absolute atomic E-state index is 0. The fraction of sp³-hybridized carbons (Fsp3) is 0.500. The zero-order valence-corrected chi connectivity index (χ0v) is 13.6. The quantitative estimate of drug-likeness (QED) is 0.844. The van der Waals surface area contributed by atoms with Crippen LogP contribution in [0.2, 0.25) is 0 Å². The van der Waals surface area contributed by atoms with Crippen LogP contribution in [0.1, 0.15) is 19.8 Å². The van der Waals surface area contributed by atoms with Gasteiger partial charge in [0.2, 0.25) is 5.91 Å². The van der Waals surface area contributed by atoms with Gasteiger partial charge in [-0.25, -0.2) is 0 Å². The van der Waals surface area contributed by atoms with E-state index < -0.39 is 0 Å². The van der Waals surface area contributed by atoms with Gasteiger partial charge in [0, 0.05) is 18.8 Å². The molecule has 0 atom stereocenters. The van der Waals surface area contributed by atoms with Gasteiger partial charge in [-0.1, -0.05) is 18.2 Å². The molecule has 0 saturated carbocycles. The molecule has 0 spiro atoms. The fourth-order valence-corrected chi connectivity index (χ4v) is 2.47. The molecule has 1 amide bonds. The van der Waals surface area contributed by atoms with Gasteiger partial charge in [0.05, 0.1) is 19.1 Å². The van der Waals surface area contributed by atoms with E-state index >= 15 is 0 Å².